The van der Waals surface area contributed by atoms with E-state index in [2.05, 4.69) is 57.2 Å². The van der Waals surface area contributed by atoms with Crippen molar-refractivity contribution in [1.82, 2.24) is 0 Å². The summed E-state index contributed by atoms with van der Waals surface area (Å²) >= 11 is 0. The highest BCUT2D eigenvalue weighted by Crippen LogP contribution is 2.13. The second-order valence-electron chi connectivity index (χ2n) is 16.2. The van der Waals surface area contributed by atoms with Crippen molar-refractivity contribution in [2.75, 3.05) is 13.2 Å². The van der Waals surface area contributed by atoms with Crippen LogP contribution >= 0.6 is 0 Å². The number of hydrogen-bond donors (Lipinski definition) is 0. The number of esters is 3. The molecule has 0 amide bonds. The van der Waals surface area contributed by atoms with Crippen molar-refractivity contribution in [2.24, 2.45) is 0 Å². The van der Waals surface area contributed by atoms with Crippen LogP contribution in [0.15, 0.2) is 134 Å². The molecule has 0 aromatic heterocycles. The van der Waals surface area contributed by atoms with Crippen LogP contribution in [0.3, 0.4) is 0 Å². The van der Waals surface area contributed by atoms with Crippen molar-refractivity contribution < 1.29 is 28.6 Å². The van der Waals surface area contributed by atoms with Gasteiger partial charge in [-0.05, 0) is 83.5 Å². The average molecular weight is 883 g/mol. The van der Waals surface area contributed by atoms with Crippen molar-refractivity contribution in [3.05, 3.63) is 134 Å². The molecule has 0 aromatic carbocycles. The highest BCUT2D eigenvalue weighted by Gasteiger charge is 2.19. The number of ether oxygens (including phenoxy) is 3. The molecular formula is C58H90O6. The minimum Gasteiger partial charge on any atom is -0.462 e. The molecule has 1 unspecified atom stereocenters. The van der Waals surface area contributed by atoms with E-state index in [0.29, 0.717) is 19.3 Å². The monoisotopic (exact) mass is 883 g/mol. The quantitative estimate of drug-likeness (QED) is 0.0200. The van der Waals surface area contributed by atoms with Gasteiger partial charge in [0.25, 0.3) is 0 Å². The van der Waals surface area contributed by atoms with E-state index in [1.807, 2.05) is 97.2 Å². The Kier molecular flexibility index (Phi) is 47.6. The van der Waals surface area contributed by atoms with Crippen LogP contribution in [0.2, 0.25) is 0 Å². The molecule has 0 heterocycles. The number of hydrogen-bond acceptors (Lipinski definition) is 6. The van der Waals surface area contributed by atoms with E-state index in [9.17, 15) is 14.4 Å². The molecule has 0 aliphatic rings. The molecule has 0 spiro atoms. The van der Waals surface area contributed by atoms with E-state index in [4.69, 9.17) is 14.2 Å². The molecule has 358 valence electrons. The molecule has 0 aliphatic heterocycles. The number of carbonyl (C=O) groups excluding carboxylic acids is 3. The smallest absolute Gasteiger partial charge is 0.306 e. The first-order chi connectivity index (χ1) is 31.5. The first-order valence-corrected chi connectivity index (χ1v) is 25.3. The van der Waals surface area contributed by atoms with Gasteiger partial charge in [-0.25, -0.2) is 0 Å². The second-order valence-corrected chi connectivity index (χ2v) is 16.2. The normalized spacial score (nSPS) is 13.2. The molecular weight excluding hydrogens is 793 g/mol. The summed E-state index contributed by atoms with van der Waals surface area (Å²) in [5.41, 5.74) is 0. The summed E-state index contributed by atoms with van der Waals surface area (Å²) in [4.78, 5) is 38.0. The topological polar surface area (TPSA) is 78.9 Å². The first-order valence-electron chi connectivity index (χ1n) is 25.3. The molecule has 0 aromatic rings. The summed E-state index contributed by atoms with van der Waals surface area (Å²) in [5.74, 6) is -1.02. The van der Waals surface area contributed by atoms with E-state index in [1.54, 1.807) is 0 Å². The maximum atomic E-state index is 12.8. The molecule has 0 aliphatic carbocycles. The molecule has 0 saturated heterocycles. The lowest BCUT2D eigenvalue weighted by atomic mass is 10.1. The predicted molar refractivity (Wildman–Crippen MR) is 274 cm³/mol. The Hall–Kier alpha value is -4.45. The molecule has 6 heteroatoms. The third-order valence-corrected chi connectivity index (χ3v) is 10.1. The molecule has 0 bridgehead atoms. The van der Waals surface area contributed by atoms with Gasteiger partial charge in [-0.1, -0.05) is 225 Å². The Balaban J connectivity index is 4.57. The molecule has 0 saturated carbocycles. The van der Waals surface area contributed by atoms with Crippen molar-refractivity contribution in [2.45, 2.75) is 200 Å². The summed E-state index contributed by atoms with van der Waals surface area (Å²) in [6.07, 6.45) is 71.4. The van der Waals surface area contributed by atoms with Gasteiger partial charge in [0.05, 0.1) is 0 Å². The van der Waals surface area contributed by atoms with Crippen LogP contribution in [-0.2, 0) is 28.6 Å². The SMILES string of the molecule is CC\C=C/C=C\C=C/C=C\C=C\C=C/CCCCCC(=O)OCC(COC(=O)CCCCC\C=C/C=C\C=C/C=C\CC)OC(=O)CCCCCCC/C=C\CCCCCCCCC. The van der Waals surface area contributed by atoms with Crippen molar-refractivity contribution in [3.8, 4) is 0 Å². The minimum atomic E-state index is -0.821. The minimum absolute atomic E-state index is 0.121. The van der Waals surface area contributed by atoms with Gasteiger partial charge in [-0.2, -0.15) is 0 Å². The van der Waals surface area contributed by atoms with E-state index in [-0.39, 0.29) is 31.1 Å². The van der Waals surface area contributed by atoms with E-state index < -0.39 is 6.10 Å². The summed E-state index contributed by atoms with van der Waals surface area (Å²) < 4.78 is 16.7. The van der Waals surface area contributed by atoms with Gasteiger partial charge in [0.15, 0.2) is 6.10 Å². The molecule has 1 atom stereocenters. The maximum absolute atomic E-state index is 12.8. The molecule has 6 nitrogen and oxygen atoms in total. The zero-order chi connectivity index (χ0) is 46.5. The van der Waals surface area contributed by atoms with Crippen molar-refractivity contribution in [3.63, 3.8) is 0 Å². The van der Waals surface area contributed by atoms with E-state index in [0.717, 1.165) is 96.3 Å². The largest absolute Gasteiger partial charge is 0.462 e. The van der Waals surface area contributed by atoms with Gasteiger partial charge in [0.2, 0.25) is 0 Å². The van der Waals surface area contributed by atoms with Crippen molar-refractivity contribution >= 4 is 17.9 Å². The lowest BCUT2D eigenvalue weighted by molar-refractivity contribution is -0.167. The fraction of sp³-hybridized carbons (Fsp3) is 0.569. The second kappa shape index (κ2) is 51.2. The zero-order valence-corrected chi connectivity index (χ0v) is 40.7. The molecule has 64 heavy (non-hydrogen) atoms. The Bertz CT molecular complexity index is 1430. The van der Waals surface area contributed by atoms with Crippen LogP contribution in [0.5, 0.6) is 0 Å². The summed E-state index contributed by atoms with van der Waals surface area (Å²) in [6.45, 7) is 6.24. The van der Waals surface area contributed by atoms with E-state index >= 15 is 0 Å². The van der Waals surface area contributed by atoms with Crippen LogP contribution < -0.4 is 0 Å². The van der Waals surface area contributed by atoms with Crippen molar-refractivity contribution in [1.29, 1.82) is 0 Å². The van der Waals surface area contributed by atoms with Gasteiger partial charge in [0.1, 0.15) is 13.2 Å². The number of allylic oxidation sites excluding steroid dienone is 22. The molecule has 0 N–H and O–H groups in total. The lowest BCUT2D eigenvalue weighted by Gasteiger charge is -2.18. The predicted octanol–water partition coefficient (Wildman–Crippen LogP) is 16.7. The summed E-state index contributed by atoms with van der Waals surface area (Å²) in [7, 11) is 0. The van der Waals surface area contributed by atoms with Crippen LogP contribution in [0.1, 0.15) is 194 Å². The summed E-state index contributed by atoms with van der Waals surface area (Å²) in [6, 6.07) is 0. The van der Waals surface area contributed by atoms with Gasteiger partial charge in [0, 0.05) is 19.3 Å². The highest BCUT2D eigenvalue weighted by atomic mass is 16.6. The van der Waals surface area contributed by atoms with Crippen LogP contribution in [0.25, 0.3) is 0 Å². The van der Waals surface area contributed by atoms with Crippen LogP contribution in [0, 0.1) is 0 Å². The van der Waals surface area contributed by atoms with Crippen LogP contribution in [0.4, 0.5) is 0 Å². The molecule has 0 radical (unpaired) electrons. The van der Waals surface area contributed by atoms with E-state index in [1.165, 1.54) is 57.8 Å². The third kappa shape index (κ3) is 48.6. The third-order valence-electron chi connectivity index (χ3n) is 10.1. The summed E-state index contributed by atoms with van der Waals surface area (Å²) in [5, 5.41) is 0. The number of unbranched alkanes of at least 4 members (excludes halogenated alkanes) is 18. The van der Waals surface area contributed by atoms with Gasteiger partial charge < -0.3 is 14.2 Å². The Morgan fingerprint density at radius 1 is 0.328 bits per heavy atom. The fourth-order valence-electron chi connectivity index (χ4n) is 6.36. The fourth-order valence-corrected chi connectivity index (χ4v) is 6.36. The lowest BCUT2D eigenvalue weighted by Crippen LogP contribution is -2.30. The van der Waals surface area contributed by atoms with Crippen LogP contribution in [-0.4, -0.2) is 37.2 Å². The zero-order valence-electron chi connectivity index (χ0n) is 40.7. The molecule has 0 rings (SSSR count). The van der Waals surface area contributed by atoms with Gasteiger partial charge in [-0.3, -0.25) is 14.4 Å². The average Bonchev–Trinajstić information content (AvgIpc) is 3.29. The molecule has 0 fully saturated rings. The number of rotatable bonds is 43. The Labute approximate surface area is 392 Å². The standard InChI is InChI=1S/C58H90O6/c1-4-7-10-13-16-19-22-25-27-29-31-33-36-39-42-45-48-51-57(60)63-54-55(53-62-56(59)50-47-44-41-38-35-32-24-21-18-15-12-9-6-3)64-58(61)52-49-46-43-40-37-34-30-28-26-23-20-17-14-11-8-5-2/h7,9-10,12-13,15-16,18-19,21-22,24-25,27-33,35-36,55H,4-6,8,11,14,17,20,23,26,34,37-54H2,1-3H3/b10-7-,12-9-,16-13-,18-15-,22-19-,24-21-,27-25-,30-28-,31-29+,35-32-,36-33-. The Morgan fingerprint density at radius 3 is 1.02 bits per heavy atom. The highest BCUT2D eigenvalue weighted by molar-refractivity contribution is 5.71. The van der Waals surface area contributed by atoms with Gasteiger partial charge in [-0.15, -0.1) is 0 Å². The first kappa shape index (κ1) is 59.6. The number of carbonyl (C=O) groups is 3. The maximum Gasteiger partial charge on any atom is 0.306 e. The van der Waals surface area contributed by atoms with Gasteiger partial charge >= 0.3 is 17.9 Å². The Morgan fingerprint density at radius 2 is 0.625 bits per heavy atom.